The molecule has 1 N–H and O–H groups in total. The number of methoxy groups -OCH3 is 1. The van der Waals surface area contributed by atoms with Gasteiger partial charge in [0, 0.05) is 12.0 Å². The van der Waals surface area contributed by atoms with E-state index in [2.05, 4.69) is 0 Å². The number of benzene rings is 2. The van der Waals surface area contributed by atoms with E-state index < -0.39 is 6.10 Å². The summed E-state index contributed by atoms with van der Waals surface area (Å²) in [6.07, 6.45) is -0.122. The predicted octanol–water partition coefficient (Wildman–Crippen LogP) is 3.37. The van der Waals surface area contributed by atoms with Crippen molar-refractivity contribution < 1.29 is 14.6 Å². The minimum Gasteiger partial charge on any atom is -0.496 e. The highest BCUT2D eigenvalue weighted by atomic mass is 16.5. The number of rotatable bonds is 6. The average Bonchev–Trinajstić information content (AvgIpc) is 2.48. The topological polar surface area (TPSA) is 38.7 Å². The van der Waals surface area contributed by atoms with Gasteiger partial charge in [-0.2, -0.15) is 0 Å². The van der Waals surface area contributed by atoms with Crippen molar-refractivity contribution in [3.63, 3.8) is 0 Å². The van der Waals surface area contributed by atoms with Gasteiger partial charge in [-0.25, -0.2) is 0 Å². The monoisotopic (exact) mass is 272 g/mol. The molecule has 0 saturated heterocycles. The van der Waals surface area contributed by atoms with Gasteiger partial charge in [0.15, 0.2) is 0 Å². The highest BCUT2D eigenvalue weighted by Crippen LogP contribution is 2.30. The lowest BCUT2D eigenvalue weighted by molar-refractivity contribution is 0.171. The lowest BCUT2D eigenvalue weighted by atomic mass is 10.00. The summed E-state index contributed by atoms with van der Waals surface area (Å²) in [5.41, 5.74) is 1.79. The molecule has 3 heteroatoms. The Bertz CT molecular complexity index is 551. The zero-order valence-electron chi connectivity index (χ0n) is 11.9. The van der Waals surface area contributed by atoms with Gasteiger partial charge in [0.25, 0.3) is 0 Å². The second-order valence-corrected chi connectivity index (χ2v) is 4.50. The van der Waals surface area contributed by atoms with Gasteiger partial charge >= 0.3 is 0 Å². The van der Waals surface area contributed by atoms with E-state index >= 15 is 0 Å². The van der Waals surface area contributed by atoms with Crippen molar-refractivity contribution in [3.8, 4) is 11.5 Å². The van der Waals surface area contributed by atoms with Gasteiger partial charge < -0.3 is 14.6 Å². The summed E-state index contributed by atoms with van der Waals surface area (Å²) in [5, 5.41) is 10.5. The molecule has 0 fully saturated rings. The molecular weight excluding hydrogens is 252 g/mol. The minimum atomic E-state index is -0.617. The van der Waals surface area contributed by atoms with Crippen molar-refractivity contribution in [2.45, 2.75) is 19.4 Å². The first-order chi connectivity index (χ1) is 9.76. The Kier molecular flexibility index (Phi) is 5.02. The zero-order valence-corrected chi connectivity index (χ0v) is 11.9. The molecule has 1 unspecified atom stereocenters. The molecule has 0 aliphatic heterocycles. The maximum absolute atomic E-state index is 10.5. The van der Waals surface area contributed by atoms with Crippen LogP contribution >= 0.6 is 0 Å². The summed E-state index contributed by atoms with van der Waals surface area (Å²) in [4.78, 5) is 0. The lowest BCUT2D eigenvalue weighted by Crippen LogP contribution is -2.06. The Morgan fingerprint density at radius 2 is 1.65 bits per heavy atom. The Morgan fingerprint density at radius 3 is 2.35 bits per heavy atom. The predicted molar refractivity (Wildman–Crippen MR) is 79.3 cm³/mol. The molecule has 0 spiro atoms. The Labute approximate surface area is 119 Å². The molecule has 0 amide bonds. The highest BCUT2D eigenvalue weighted by Gasteiger charge is 2.15. The number of para-hydroxylation sites is 2. The van der Waals surface area contributed by atoms with E-state index in [9.17, 15) is 5.11 Å². The van der Waals surface area contributed by atoms with Crippen molar-refractivity contribution >= 4 is 0 Å². The van der Waals surface area contributed by atoms with Crippen molar-refractivity contribution in [1.29, 1.82) is 0 Å². The third-order valence-corrected chi connectivity index (χ3v) is 3.18. The van der Waals surface area contributed by atoms with Crippen LogP contribution in [0.3, 0.4) is 0 Å². The van der Waals surface area contributed by atoms with Crippen LogP contribution in [-0.2, 0) is 6.42 Å². The number of aliphatic hydroxyl groups is 1. The van der Waals surface area contributed by atoms with Crippen LogP contribution in [0.2, 0.25) is 0 Å². The van der Waals surface area contributed by atoms with Crippen LogP contribution in [0, 0.1) is 0 Å². The number of ether oxygens (including phenoxy) is 2. The smallest absolute Gasteiger partial charge is 0.125 e. The SMILES string of the molecule is CCOc1ccccc1C(O)Cc1ccccc1OC. The minimum absolute atomic E-state index is 0.494. The van der Waals surface area contributed by atoms with Gasteiger partial charge in [-0.05, 0) is 24.6 Å². The fourth-order valence-corrected chi connectivity index (χ4v) is 2.23. The van der Waals surface area contributed by atoms with Crippen LogP contribution in [0.4, 0.5) is 0 Å². The van der Waals surface area contributed by atoms with Gasteiger partial charge in [0.05, 0.1) is 19.8 Å². The third kappa shape index (κ3) is 3.31. The van der Waals surface area contributed by atoms with E-state index in [1.807, 2.05) is 55.5 Å². The second-order valence-electron chi connectivity index (χ2n) is 4.50. The molecule has 0 aromatic heterocycles. The molecule has 0 bridgehead atoms. The van der Waals surface area contributed by atoms with Crippen molar-refractivity contribution in [2.24, 2.45) is 0 Å². The van der Waals surface area contributed by atoms with Gasteiger partial charge in [-0.1, -0.05) is 36.4 Å². The summed E-state index contributed by atoms with van der Waals surface area (Å²) >= 11 is 0. The maximum Gasteiger partial charge on any atom is 0.125 e. The zero-order chi connectivity index (χ0) is 14.4. The molecule has 20 heavy (non-hydrogen) atoms. The summed E-state index contributed by atoms with van der Waals surface area (Å²) < 4.78 is 10.9. The number of hydrogen-bond donors (Lipinski definition) is 1. The van der Waals surface area contributed by atoms with Gasteiger partial charge in [-0.15, -0.1) is 0 Å². The van der Waals surface area contributed by atoms with Crippen LogP contribution in [0.25, 0.3) is 0 Å². The molecule has 0 saturated carbocycles. The molecule has 2 aromatic rings. The van der Waals surface area contributed by atoms with E-state index in [4.69, 9.17) is 9.47 Å². The Morgan fingerprint density at radius 1 is 1.00 bits per heavy atom. The summed E-state index contributed by atoms with van der Waals surface area (Å²) in [6, 6.07) is 15.3. The summed E-state index contributed by atoms with van der Waals surface area (Å²) in [7, 11) is 1.64. The van der Waals surface area contributed by atoms with E-state index in [0.717, 1.165) is 22.6 Å². The molecular formula is C17H20O3. The van der Waals surface area contributed by atoms with E-state index in [0.29, 0.717) is 13.0 Å². The van der Waals surface area contributed by atoms with Crippen LogP contribution < -0.4 is 9.47 Å². The highest BCUT2D eigenvalue weighted by molar-refractivity contribution is 5.39. The van der Waals surface area contributed by atoms with Crippen LogP contribution in [0.5, 0.6) is 11.5 Å². The summed E-state index contributed by atoms with van der Waals surface area (Å²) in [5.74, 6) is 1.53. The summed E-state index contributed by atoms with van der Waals surface area (Å²) in [6.45, 7) is 2.52. The molecule has 0 aliphatic rings. The Hall–Kier alpha value is -2.00. The first-order valence-electron chi connectivity index (χ1n) is 6.78. The van der Waals surface area contributed by atoms with Crippen molar-refractivity contribution in [2.75, 3.05) is 13.7 Å². The normalized spacial score (nSPS) is 11.9. The lowest BCUT2D eigenvalue weighted by Gasteiger charge is -2.17. The molecule has 0 heterocycles. The second kappa shape index (κ2) is 6.96. The largest absolute Gasteiger partial charge is 0.496 e. The standard InChI is InChI=1S/C17H20O3/c1-3-20-17-11-7-5-9-14(17)15(18)12-13-8-4-6-10-16(13)19-2/h4-11,15,18H,3,12H2,1-2H3. The number of hydrogen-bond acceptors (Lipinski definition) is 3. The average molecular weight is 272 g/mol. The van der Waals surface area contributed by atoms with Crippen molar-refractivity contribution in [3.05, 3.63) is 59.7 Å². The number of aliphatic hydroxyl groups excluding tert-OH is 1. The molecule has 106 valence electrons. The molecule has 1 atom stereocenters. The maximum atomic E-state index is 10.5. The van der Waals surface area contributed by atoms with E-state index in [-0.39, 0.29) is 0 Å². The van der Waals surface area contributed by atoms with E-state index in [1.54, 1.807) is 7.11 Å². The molecule has 2 rings (SSSR count). The van der Waals surface area contributed by atoms with E-state index in [1.165, 1.54) is 0 Å². The quantitative estimate of drug-likeness (QED) is 0.876. The van der Waals surface area contributed by atoms with Gasteiger partial charge in [0.1, 0.15) is 11.5 Å². The molecule has 3 nitrogen and oxygen atoms in total. The molecule has 0 aliphatic carbocycles. The van der Waals surface area contributed by atoms with Crippen LogP contribution in [-0.4, -0.2) is 18.8 Å². The third-order valence-electron chi connectivity index (χ3n) is 3.18. The fraction of sp³-hybridized carbons (Fsp3) is 0.294. The van der Waals surface area contributed by atoms with Crippen LogP contribution in [0.1, 0.15) is 24.2 Å². The van der Waals surface area contributed by atoms with Crippen molar-refractivity contribution in [1.82, 2.24) is 0 Å². The van der Waals surface area contributed by atoms with Crippen LogP contribution in [0.15, 0.2) is 48.5 Å². The first kappa shape index (κ1) is 14.4. The fourth-order valence-electron chi connectivity index (χ4n) is 2.23. The first-order valence-corrected chi connectivity index (χ1v) is 6.78. The molecule has 2 aromatic carbocycles. The van der Waals surface area contributed by atoms with Gasteiger partial charge in [-0.3, -0.25) is 0 Å². The Balaban J connectivity index is 2.21. The molecule has 0 radical (unpaired) electrons. The van der Waals surface area contributed by atoms with Gasteiger partial charge in [0.2, 0.25) is 0 Å².